The first-order chi connectivity index (χ1) is 10.6. The lowest BCUT2D eigenvalue weighted by molar-refractivity contribution is -0.131. The number of hydrogen-bond acceptors (Lipinski definition) is 3. The zero-order valence-corrected chi connectivity index (χ0v) is 14.1. The standard InChI is InChI=1S/C18H26ClNO2/c1-14-12-20(13-15-3-2-4-17(19)11-15)8-7-18(14,21)16-5-9-22-10-6-16/h2-4,11,14,16,21H,5-10,12-13H2,1H3/t14-,18+/m1/s1. The molecular formula is C18H26ClNO2. The van der Waals surface area contributed by atoms with Crippen molar-refractivity contribution in [2.45, 2.75) is 38.3 Å². The molecule has 2 heterocycles. The quantitative estimate of drug-likeness (QED) is 0.926. The van der Waals surface area contributed by atoms with Crippen molar-refractivity contribution in [1.29, 1.82) is 0 Å². The van der Waals surface area contributed by atoms with Crippen LogP contribution in [-0.2, 0) is 11.3 Å². The highest BCUT2D eigenvalue weighted by molar-refractivity contribution is 6.30. The highest BCUT2D eigenvalue weighted by atomic mass is 35.5. The van der Waals surface area contributed by atoms with Crippen molar-refractivity contribution in [3.05, 3.63) is 34.9 Å². The molecule has 0 saturated carbocycles. The number of rotatable bonds is 3. The number of benzene rings is 1. The Labute approximate surface area is 138 Å². The Kier molecular flexibility index (Phi) is 5.08. The summed E-state index contributed by atoms with van der Waals surface area (Å²) in [5, 5.41) is 12.0. The molecule has 22 heavy (non-hydrogen) atoms. The van der Waals surface area contributed by atoms with Gasteiger partial charge in [0.15, 0.2) is 0 Å². The van der Waals surface area contributed by atoms with Gasteiger partial charge in [-0.2, -0.15) is 0 Å². The van der Waals surface area contributed by atoms with Crippen LogP contribution in [0.25, 0.3) is 0 Å². The topological polar surface area (TPSA) is 32.7 Å². The largest absolute Gasteiger partial charge is 0.389 e. The Balaban J connectivity index is 1.61. The van der Waals surface area contributed by atoms with E-state index in [4.69, 9.17) is 16.3 Å². The van der Waals surface area contributed by atoms with Gasteiger partial charge in [-0.25, -0.2) is 0 Å². The highest BCUT2D eigenvalue weighted by Crippen LogP contribution is 2.39. The second kappa shape index (κ2) is 6.88. The third-order valence-electron chi connectivity index (χ3n) is 5.44. The Morgan fingerprint density at radius 2 is 2.14 bits per heavy atom. The minimum Gasteiger partial charge on any atom is -0.389 e. The van der Waals surface area contributed by atoms with Gasteiger partial charge in [0.2, 0.25) is 0 Å². The zero-order valence-electron chi connectivity index (χ0n) is 13.3. The molecule has 1 aromatic rings. The fraction of sp³-hybridized carbons (Fsp3) is 0.667. The average Bonchev–Trinajstić information content (AvgIpc) is 2.52. The van der Waals surface area contributed by atoms with Crippen molar-refractivity contribution < 1.29 is 9.84 Å². The zero-order chi connectivity index (χ0) is 15.6. The SMILES string of the molecule is C[C@@H]1CN(Cc2cccc(Cl)c2)CC[C@@]1(O)C1CCOCC1. The van der Waals surface area contributed by atoms with Crippen molar-refractivity contribution in [1.82, 2.24) is 4.90 Å². The first kappa shape index (κ1) is 16.3. The van der Waals surface area contributed by atoms with Crippen LogP contribution in [0.1, 0.15) is 31.7 Å². The lowest BCUT2D eigenvalue weighted by Gasteiger charge is -2.48. The van der Waals surface area contributed by atoms with Gasteiger partial charge < -0.3 is 9.84 Å². The van der Waals surface area contributed by atoms with Crippen LogP contribution < -0.4 is 0 Å². The predicted octanol–water partition coefficient (Wildman–Crippen LogP) is 3.34. The van der Waals surface area contributed by atoms with Gasteiger partial charge in [0, 0.05) is 37.9 Å². The van der Waals surface area contributed by atoms with Gasteiger partial charge in [0.05, 0.1) is 5.60 Å². The molecule has 3 nitrogen and oxygen atoms in total. The van der Waals surface area contributed by atoms with Gasteiger partial charge in [-0.05, 0) is 48.8 Å². The van der Waals surface area contributed by atoms with E-state index in [0.29, 0.717) is 11.8 Å². The molecule has 1 aromatic carbocycles. The van der Waals surface area contributed by atoms with E-state index >= 15 is 0 Å². The molecular weight excluding hydrogens is 298 g/mol. The van der Waals surface area contributed by atoms with Crippen LogP contribution in [0.2, 0.25) is 5.02 Å². The van der Waals surface area contributed by atoms with Crippen molar-refractivity contribution in [2.75, 3.05) is 26.3 Å². The fourth-order valence-corrected chi connectivity index (χ4v) is 4.27. The molecule has 122 valence electrons. The molecule has 0 aliphatic carbocycles. The van der Waals surface area contributed by atoms with Crippen molar-refractivity contribution in [3.8, 4) is 0 Å². The molecule has 1 N–H and O–H groups in total. The molecule has 2 aliphatic heterocycles. The van der Waals surface area contributed by atoms with E-state index in [1.54, 1.807) is 0 Å². The normalized spacial score (nSPS) is 31.3. The number of hydrogen-bond donors (Lipinski definition) is 1. The summed E-state index contributed by atoms with van der Waals surface area (Å²) in [6, 6.07) is 8.07. The van der Waals surface area contributed by atoms with Gasteiger partial charge in [0.1, 0.15) is 0 Å². The molecule has 0 spiro atoms. The molecule has 0 unspecified atom stereocenters. The first-order valence-corrected chi connectivity index (χ1v) is 8.72. The maximum absolute atomic E-state index is 11.2. The Morgan fingerprint density at radius 1 is 1.36 bits per heavy atom. The van der Waals surface area contributed by atoms with Crippen LogP contribution >= 0.6 is 11.6 Å². The molecule has 2 aliphatic rings. The number of nitrogens with zero attached hydrogens (tertiary/aromatic N) is 1. The van der Waals surface area contributed by atoms with E-state index in [0.717, 1.165) is 57.1 Å². The second-order valence-corrected chi connectivity index (χ2v) is 7.33. The van der Waals surface area contributed by atoms with E-state index in [1.807, 2.05) is 18.2 Å². The molecule has 0 bridgehead atoms. The Morgan fingerprint density at radius 3 is 2.82 bits per heavy atom. The number of piperidine rings is 1. The van der Waals surface area contributed by atoms with E-state index in [9.17, 15) is 5.11 Å². The van der Waals surface area contributed by atoms with Crippen LogP contribution in [-0.4, -0.2) is 41.9 Å². The molecule has 0 amide bonds. The molecule has 2 fully saturated rings. The molecule has 4 heteroatoms. The third-order valence-corrected chi connectivity index (χ3v) is 5.67. The fourth-order valence-electron chi connectivity index (χ4n) is 4.06. The van der Waals surface area contributed by atoms with Gasteiger partial charge >= 0.3 is 0 Å². The summed E-state index contributed by atoms with van der Waals surface area (Å²) in [6.45, 7) is 6.59. The summed E-state index contributed by atoms with van der Waals surface area (Å²) >= 11 is 6.07. The van der Waals surface area contributed by atoms with E-state index in [-0.39, 0.29) is 0 Å². The summed E-state index contributed by atoms with van der Waals surface area (Å²) in [5.41, 5.74) is 0.727. The summed E-state index contributed by atoms with van der Waals surface area (Å²) in [5.74, 6) is 0.688. The molecule has 0 aromatic heterocycles. The molecule has 0 radical (unpaired) electrons. The van der Waals surface area contributed by atoms with Gasteiger partial charge in [-0.1, -0.05) is 30.7 Å². The Hall–Kier alpha value is -0.610. The second-order valence-electron chi connectivity index (χ2n) is 6.89. The number of halogens is 1. The number of aliphatic hydroxyl groups is 1. The lowest BCUT2D eigenvalue weighted by Crippen LogP contribution is -2.55. The molecule has 2 atom stereocenters. The van der Waals surface area contributed by atoms with E-state index in [1.165, 1.54) is 5.56 Å². The van der Waals surface area contributed by atoms with E-state index < -0.39 is 5.60 Å². The third kappa shape index (κ3) is 3.48. The van der Waals surface area contributed by atoms with Crippen molar-refractivity contribution in [2.24, 2.45) is 11.8 Å². The summed E-state index contributed by atoms with van der Waals surface area (Å²) in [4.78, 5) is 2.43. The van der Waals surface area contributed by atoms with Crippen LogP contribution in [0.5, 0.6) is 0 Å². The Bertz CT molecular complexity index is 504. The minimum atomic E-state index is -0.519. The van der Waals surface area contributed by atoms with Gasteiger partial charge in [0.25, 0.3) is 0 Å². The maximum Gasteiger partial charge on any atom is 0.0727 e. The van der Waals surface area contributed by atoms with Crippen LogP contribution in [0.3, 0.4) is 0 Å². The molecule has 3 rings (SSSR count). The monoisotopic (exact) mass is 323 g/mol. The van der Waals surface area contributed by atoms with E-state index in [2.05, 4.69) is 17.9 Å². The molecule has 2 saturated heterocycles. The average molecular weight is 324 g/mol. The summed E-state index contributed by atoms with van der Waals surface area (Å²) in [7, 11) is 0. The van der Waals surface area contributed by atoms with Gasteiger partial charge in [-0.3, -0.25) is 4.90 Å². The van der Waals surface area contributed by atoms with Crippen LogP contribution in [0, 0.1) is 11.8 Å². The van der Waals surface area contributed by atoms with Crippen LogP contribution in [0.4, 0.5) is 0 Å². The smallest absolute Gasteiger partial charge is 0.0727 e. The summed E-state index contributed by atoms with van der Waals surface area (Å²) < 4.78 is 5.45. The number of ether oxygens (including phenoxy) is 1. The first-order valence-electron chi connectivity index (χ1n) is 8.35. The minimum absolute atomic E-state index is 0.295. The van der Waals surface area contributed by atoms with Gasteiger partial charge in [-0.15, -0.1) is 0 Å². The summed E-state index contributed by atoms with van der Waals surface area (Å²) in [6.07, 6.45) is 2.85. The van der Waals surface area contributed by atoms with Crippen molar-refractivity contribution in [3.63, 3.8) is 0 Å². The lowest BCUT2D eigenvalue weighted by atomic mass is 9.70. The maximum atomic E-state index is 11.2. The highest BCUT2D eigenvalue weighted by Gasteiger charge is 2.45. The van der Waals surface area contributed by atoms with Crippen LogP contribution in [0.15, 0.2) is 24.3 Å². The predicted molar refractivity (Wildman–Crippen MR) is 89.0 cm³/mol. The van der Waals surface area contributed by atoms with Crippen molar-refractivity contribution >= 4 is 11.6 Å². The number of likely N-dealkylation sites (tertiary alicyclic amines) is 1.